The highest BCUT2D eigenvalue weighted by Gasteiger charge is 2.26. The minimum atomic E-state index is -0.0482. The molecule has 1 saturated heterocycles. The number of benzene rings is 1. The Balaban J connectivity index is 1.61. The van der Waals surface area contributed by atoms with Crippen molar-refractivity contribution in [2.24, 2.45) is 5.92 Å². The first kappa shape index (κ1) is 16.7. The molecule has 2 heterocycles. The van der Waals surface area contributed by atoms with Crippen molar-refractivity contribution in [1.82, 2.24) is 15.4 Å². The summed E-state index contributed by atoms with van der Waals surface area (Å²) < 4.78 is 5.30. The normalized spacial score (nSPS) is 15.7. The molecule has 0 atom stereocenters. The lowest BCUT2D eigenvalue weighted by molar-refractivity contribution is 0.0645. The number of nitrogens with one attached hydrogen (secondary N) is 1. The lowest BCUT2D eigenvalue weighted by atomic mass is 9.93. The summed E-state index contributed by atoms with van der Waals surface area (Å²) in [6, 6.07) is 9.80. The Hall–Kier alpha value is -2.14. The van der Waals surface area contributed by atoms with Crippen LogP contribution in [0.2, 0.25) is 0 Å². The Morgan fingerprint density at radius 3 is 2.67 bits per heavy atom. The topological polar surface area (TPSA) is 58.4 Å². The Labute approximate surface area is 143 Å². The average molecular weight is 327 g/mol. The molecule has 1 aromatic carbocycles. The number of likely N-dealkylation sites (tertiary alicyclic amines) is 1. The number of carbonyl (C=O) groups is 1. The molecule has 1 aromatic heterocycles. The van der Waals surface area contributed by atoms with Gasteiger partial charge in [0.25, 0.3) is 5.91 Å². The number of piperidine rings is 1. The number of hydrogen-bond acceptors (Lipinski definition) is 4. The predicted molar refractivity (Wildman–Crippen MR) is 93.8 cm³/mol. The van der Waals surface area contributed by atoms with Gasteiger partial charge in [0.05, 0.1) is 0 Å². The number of aromatic nitrogens is 1. The van der Waals surface area contributed by atoms with Crippen molar-refractivity contribution in [2.45, 2.75) is 26.2 Å². The third-order valence-electron chi connectivity index (χ3n) is 4.77. The number of amides is 1. The fourth-order valence-corrected chi connectivity index (χ4v) is 3.17. The molecule has 1 N–H and O–H groups in total. The van der Waals surface area contributed by atoms with Gasteiger partial charge in [0.1, 0.15) is 5.69 Å². The minimum Gasteiger partial charge on any atom is -0.350 e. The van der Waals surface area contributed by atoms with Gasteiger partial charge in [-0.05, 0) is 45.7 Å². The lowest BCUT2D eigenvalue weighted by Gasteiger charge is -2.31. The molecule has 0 saturated carbocycles. The third-order valence-corrected chi connectivity index (χ3v) is 4.77. The van der Waals surface area contributed by atoms with E-state index >= 15 is 0 Å². The molecule has 1 fully saturated rings. The number of hydrogen-bond donors (Lipinski definition) is 1. The van der Waals surface area contributed by atoms with Gasteiger partial charge in [0, 0.05) is 24.7 Å². The van der Waals surface area contributed by atoms with Crippen LogP contribution in [0.5, 0.6) is 0 Å². The Bertz CT molecular complexity index is 670. The van der Waals surface area contributed by atoms with Gasteiger partial charge < -0.3 is 14.7 Å². The van der Waals surface area contributed by atoms with E-state index in [4.69, 9.17) is 4.52 Å². The van der Waals surface area contributed by atoms with Crippen LogP contribution in [0, 0.1) is 12.8 Å². The Kier molecular flexibility index (Phi) is 5.30. The van der Waals surface area contributed by atoms with E-state index in [2.05, 4.69) is 10.5 Å². The molecule has 3 rings (SSSR count). The van der Waals surface area contributed by atoms with Gasteiger partial charge in [0.2, 0.25) is 5.76 Å². The lowest BCUT2D eigenvalue weighted by Crippen LogP contribution is -2.38. The van der Waals surface area contributed by atoms with Crippen LogP contribution in [0.4, 0.5) is 0 Å². The Morgan fingerprint density at radius 1 is 1.29 bits per heavy atom. The maximum atomic E-state index is 12.6. The molecule has 24 heavy (non-hydrogen) atoms. The van der Waals surface area contributed by atoms with Crippen molar-refractivity contribution < 1.29 is 9.32 Å². The monoisotopic (exact) mass is 327 g/mol. The zero-order valence-electron chi connectivity index (χ0n) is 14.4. The van der Waals surface area contributed by atoms with E-state index in [1.807, 2.05) is 43.1 Å². The van der Waals surface area contributed by atoms with Crippen LogP contribution in [-0.4, -0.2) is 42.6 Å². The summed E-state index contributed by atoms with van der Waals surface area (Å²) in [5.74, 6) is 0.992. The molecule has 0 radical (unpaired) electrons. The van der Waals surface area contributed by atoms with E-state index in [1.165, 1.54) is 12.0 Å². The van der Waals surface area contributed by atoms with Gasteiger partial charge in [-0.15, -0.1) is 0 Å². The van der Waals surface area contributed by atoms with Crippen LogP contribution >= 0.6 is 0 Å². The van der Waals surface area contributed by atoms with Crippen molar-refractivity contribution in [3.8, 4) is 11.3 Å². The quantitative estimate of drug-likeness (QED) is 0.917. The highest BCUT2D eigenvalue weighted by atomic mass is 16.5. The van der Waals surface area contributed by atoms with Gasteiger partial charge in [-0.1, -0.05) is 35.0 Å². The molecular formula is C19H25N3O2. The summed E-state index contributed by atoms with van der Waals surface area (Å²) >= 11 is 0. The average Bonchev–Trinajstić information content (AvgIpc) is 3.10. The molecule has 0 aliphatic carbocycles. The number of nitrogens with zero attached hydrogens (tertiary/aromatic N) is 2. The van der Waals surface area contributed by atoms with E-state index in [-0.39, 0.29) is 5.91 Å². The van der Waals surface area contributed by atoms with E-state index in [0.717, 1.165) is 38.0 Å². The molecular weight excluding hydrogens is 302 g/mol. The summed E-state index contributed by atoms with van der Waals surface area (Å²) in [7, 11) is 1.98. The molecule has 2 aromatic rings. The van der Waals surface area contributed by atoms with Gasteiger partial charge >= 0.3 is 0 Å². The molecule has 1 aliphatic rings. The second kappa shape index (κ2) is 7.62. The largest absolute Gasteiger partial charge is 0.350 e. The van der Waals surface area contributed by atoms with E-state index in [9.17, 15) is 4.79 Å². The molecule has 0 spiro atoms. The van der Waals surface area contributed by atoms with Crippen molar-refractivity contribution in [3.63, 3.8) is 0 Å². The maximum absolute atomic E-state index is 12.6. The first-order valence-electron chi connectivity index (χ1n) is 8.65. The van der Waals surface area contributed by atoms with Gasteiger partial charge in [0.15, 0.2) is 0 Å². The second-order valence-corrected chi connectivity index (χ2v) is 6.57. The highest BCUT2D eigenvalue weighted by molar-refractivity contribution is 5.92. The van der Waals surface area contributed by atoms with Crippen LogP contribution in [0.15, 0.2) is 34.9 Å². The molecule has 128 valence electrons. The zero-order valence-corrected chi connectivity index (χ0v) is 14.4. The van der Waals surface area contributed by atoms with E-state index in [1.54, 1.807) is 6.07 Å². The smallest absolute Gasteiger partial charge is 0.292 e. The number of carbonyl (C=O) groups excluding carboxylic acids is 1. The summed E-state index contributed by atoms with van der Waals surface area (Å²) in [4.78, 5) is 14.5. The Morgan fingerprint density at radius 2 is 2.00 bits per heavy atom. The molecule has 0 unspecified atom stereocenters. The van der Waals surface area contributed by atoms with Crippen LogP contribution in [0.3, 0.4) is 0 Å². The van der Waals surface area contributed by atoms with Crippen LogP contribution in [-0.2, 0) is 0 Å². The summed E-state index contributed by atoms with van der Waals surface area (Å²) in [5, 5.41) is 7.25. The number of rotatable bonds is 5. The fourth-order valence-electron chi connectivity index (χ4n) is 3.17. The van der Waals surface area contributed by atoms with Crippen molar-refractivity contribution in [1.29, 1.82) is 0 Å². The van der Waals surface area contributed by atoms with Crippen LogP contribution in [0.25, 0.3) is 11.3 Å². The first-order valence-corrected chi connectivity index (χ1v) is 8.65. The molecule has 1 aliphatic heterocycles. The zero-order chi connectivity index (χ0) is 16.9. The maximum Gasteiger partial charge on any atom is 0.292 e. The van der Waals surface area contributed by atoms with Gasteiger partial charge in [-0.2, -0.15) is 0 Å². The van der Waals surface area contributed by atoms with Crippen molar-refractivity contribution in [3.05, 3.63) is 41.7 Å². The van der Waals surface area contributed by atoms with Crippen LogP contribution < -0.4 is 5.32 Å². The summed E-state index contributed by atoms with van der Waals surface area (Å²) in [6.45, 7) is 4.68. The fraction of sp³-hybridized carbons (Fsp3) is 0.474. The second-order valence-electron chi connectivity index (χ2n) is 6.57. The highest BCUT2D eigenvalue weighted by Crippen LogP contribution is 2.24. The SMILES string of the molecule is CNCCC1CCN(C(=O)c2cc(-c3ccc(C)cc3)no2)CC1. The molecule has 5 heteroatoms. The van der Waals surface area contributed by atoms with E-state index < -0.39 is 0 Å². The van der Waals surface area contributed by atoms with Gasteiger partial charge in [-0.25, -0.2) is 0 Å². The molecule has 1 amide bonds. The first-order chi connectivity index (χ1) is 11.7. The van der Waals surface area contributed by atoms with Crippen molar-refractivity contribution >= 4 is 5.91 Å². The van der Waals surface area contributed by atoms with Gasteiger partial charge in [-0.3, -0.25) is 4.79 Å². The number of aryl methyl sites for hydroxylation is 1. The molecule has 5 nitrogen and oxygen atoms in total. The minimum absolute atomic E-state index is 0.0482. The van der Waals surface area contributed by atoms with Crippen LogP contribution in [0.1, 0.15) is 35.4 Å². The summed E-state index contributed by atoms with van der Waals surface area (Å²) in [5.41, 5.74) is 2.87. The van der Waals surface area contributed by atoms with Crippen molar-refractivity contribution in [2.75, 3.05) is 26.7 Å². The predicted octanol–water partition coefficient (Wildman–Crippen LogP) is 3.11. The van der Waals surface area contributed by atoms with E-state index in [0.29, 0.717) is 17.4 Å². The molecule has 0 bridgehead atoms. The third kappa shape index (κ3) is 3.85. The standard InChI is InChI=1S/C19H25N3O2/c1-14-3-5-16(6-4-14)17-13-18(24-21-17)19(23)22-11-8-15(9-12-22)7-10-20-2/h3-6,13,15,20H,7-12H2,1-2H3. The summed E-state index contributed by atoms with van der Waals surface area (Å²) in [6.07, 6.45) is 3.30.